The maximum Gasteiger partial charge on any atom is 0.224 e. The summed E-state index contributed by atoms with van der Waals surface area (Å²) in [5.74, 6) is 1.44. The average molecular weight is 375 g/mol. The van der Waals surface area contributed by atoms with E-state index in [1.54, 1.807) is 13.3 Å². The Bertz CT molecular complexity index is 720. The van der Waals surface area contributed by atoms with Gasteiger partial charge in [-0.15, -0.1) is 0 Å². The summed E-state index contributed by atoms with van der Waals surface area (Å²) in [5.41, 5.74) is 1.96. The van der Waals surface area contributed by atoms with Crippen molar-refractivity contribution in [2.75, 3.05) is 13.7 Å². The third-order valence-electron chi connectivity index (χ3n) is 4.69. The largest absolute Gasteiger partial charge is 0.490 e. The van der Waals surface area contributed by atoms with Crippen LogP contribution in [0.4, 0.5) is 0 Å². The molecule has 2 aromatic heterocycles. The summed E-state index contributed by atoms with van der Waals surface area (Å²) >= 11 is 0. The number of pyridine rings is 1. The van der Waals surface area contributed by atoms with Crippen molar-refractivity contribution in [3.05, 3.63) is 30.7 Å². The zero-order valence-electron chi connectivity index (χ0n) is 16.3. The van der Waals surface area contributed by atoms with Gasteiger partial charge in [0.15, 0.2) is 0 Å². The lowest BCUT2D eigenvalue weighted by Crippen LogP contribution is -2.24. The summed E-state index contributed by atoms with van der Waals surface area (Å²) in [6.07, 6.45) is 9.64. The standard InChI is InChI=1S/C20H30N2O3Si/c1-23-20-19(18(8-10-21-20)25-17-6-5-7-17)16-9-11-22(14-16)15-24-12-13-26(2,3)4/h8-11,14,17H,5-7,12-13,15H2,1-4H3. The van der Waals surface area contributed by atoms with Crippen LogP contribution < -0.4 is 9.47 Å². The van der Waals surface area contributed by atoms with Gasteiger partial charge in [0.05, 0.1) is 18.8 Å². The van der Waals surface area contributed by atoms with Gasteiger partial charge in [0.1, 0.15) is 12.5 Å². The van der Waals surface area contributed by atoms with E-state index in [4.69, 9.17) is 14.2 Å². The van der Waals surface area contributed by atoms with E-state index in [2.05, 4.69) is 41.5 Å². The van der Waals surface area contributed by atoms with Crippen molar-refractivity contribution in [1.82, 2.24) is 9.55 Å². The first-order chi connectivity index (χ1) is 12.5. The lowest BCUT2D eigenvalue weighted by molar-refractivity contribution is 0.0875. The first kappa shape index (κ1) is 19.0. The molecule has 0 radical (unpaired) electrons. The molecule has 6 heteroatoms. The predicted molar refractivity (Wildman–Crippen MR) is 107 cm³/mol. The second-order valence-corrected chi connectivity index (χ2v) is 13.7. The lowest BCUT2D eigenvalue weighted by Gasteiger charge is -2.27. The predicted octanol–water partition coefficient (Wildman–Crippen LogP) is 4.80. The van der Waals surface area contributed by atoms with E-state index in [1.165, 1.54) is 12.5 Å². The molecule has 0 bridgehead atoms. The topological polar surface area (TPSA) is 45.5 Å². The molecule has 0 N–H and O–H groups in total. The maximum atomic E-state index is 6.17. The van der Waals surface area contributed by atoms with Gasteiger partial charge >= 0.3 is 0 Å². The molecule has 0 atom stereocenters. The highest BCUT2D eigenvalue weighted by atomic mass is 28.3. The molecule has 0 amide bonds. The Hall–Kier alpha value is -1.79. The van der Waals surface area contributed by atoms with Crippen LogP contribution in [0.25, 0.3) is 11.1 Å². The summed E-state index contributed by atoms with van der Waals surface area (Å²) in [5, 5.41) is 0. The highest BCUT2D eigenvalue weighted by Crippen LogP contribution is 2.39. The van der Waals surface area contributed by atoms with Crippen molar-refractivity contribution in [3.8, 4) is 22.8 Å². The molecule has 3 rings (SSSR count). The molecule has 2 heterocycles. The lowest BCUT2D eigenvalue weighted by atomic mass is 9.96. The Morgan fingerprint density at radius 3 is 2.69 bits per heavy atom. The molecule has 1 aliphatic rings. The highest BCUT2D eigenvalue weighted by molar-refractivity contribution is 6.76. The summed E-state index contributed by atoms with van der Waals surface area (Å²) in [6, 6.07) is 5.17. The van der Waals surface area contributed by atoms with Crippen molar-refractivity contribution in [3.63, 3.8) is 0 Å². The number of hydrogen-bond acceptors (Lipinski definition) is 4. The molecular formula is C20H30N2O3Si. The minimum absolute atomic E-state index is 0.313. The van der Waals surface area contributed by atoms with Crippen molar-refractivity contribution in [2.24, 2.45) is 0 Å². The van der Waals surface area contributed by atoms with E-state index < -0.39 is 8.07 Å². The molecule has 26 heavy (non-hydrogen) atoms. The summed E-state index contributed by atoms with van der Waals surface area (Å²) in [6.45, 7) is 8.47. The van der Waals surface area contributed by atoms with Crippen molar-refractivity contribution < 1.29 is 14.2 Å². The van der Waals surface area contributed by atoms with Crippen LogP contribution in [0, 0.1) is 0 Å². The van der Waals surface area contributed by atoms with E-state index in [1.807, 2.05) is 12.3 Å². The van der Waals surface area contributed by atoms with Crippen LogP contribution in [-0.2, 0) is 11.5 Å². The van der Waals surface area contributed by atoms with Crippen LogP contribution in [0.2, 0.25) is 25.7 Å². The molecule has 1 fully saturated rings. The number of nitrogens with zero attached hydrogens (tertiary/aromatic N) is 2. The molecule has 0 aromatic carbocycles. The molecule has 0 saturated heterocycles. The van der Waals surface area contributed by atoms with E-state index in [9.17, 15) is 0 Å². The number of rotatable bonds is 9. The van der Waals surface area contributed by atoms with Crippen molar-refractivity contribution >= 4 is 8.07 Å². The smallest absolute Gasteiger partial charge is 0.224 e. The van der Waals surface area contributed by atoms with Crippen LogP contribution in [0.1, 0.15) is 19.3 Å². The number of aromatic nitrogens is 2. The van der Waals surface area contributed by atoms with Gasteiger partial charge in [-0.05, 0) is 37.4 Å². The van der Waals surface area contributed by atoms with E-state index in [0.717, 1.165) is 36.3 Å². The average Bonchev–Trinajstić information content (AvgIpc) is 3.02. The summed E-state index contributed by atoms with van der Waals surface area (Å²) in [7, 11) is 0.596. The Morgan fingerprint density at radius 2 is 2.04 bits per heavy atom. The van der Waals surface area contributed by atoms with Crippen molar-refractivity contribution in [2.45, 2.75) is 57.8 Å². The van der Waals surface area contributed by atoms with E-state index in [-0.39, 0.29) is 0 Å². The van der Waals surface area contributed by atoms with Gasteiger partial charge in [-0.3, -0.25) is 0 Å². The Labute approximate surface area is 157 Å². The van der Waals surface area contributed by atoms with Gasteiger partial charge in [-0.2, -0.15) is 0 Å². The van der Waals surface area contributed by atoms with Crippen molar-refractivity contribution in [1.29, 1.82) is 0 Å². The molecule has 0 aliphatic heterocycles. The summed E-state index contributed by atoms with van der Waals surface area (Å²) in [4.78, 5) is 4.36. The third kappa shape index (κ3) is 4.89. The quantitative estimate of drug-likeness (QED) is 0.467. The minimum Gasteiger partial charge on any atom is -0.490 e. The molecular weight excluding hydrogens is 344 g/mol. The summed E-state index contributed by atoms with van der Waals surface area (Å²) < 4.78 is 19.6. The van der Waals surface area contributed by atoms with Gasteiger partial charge in [-0.1, -0.05) is 19.6 Å². The fourth-order valence-corrected chi connectivity index (χ4v) is 3.59. The second-order valence-electron chi connectivity index (χ2n) is 8.13. The van der Waals surface area contributed by atoms with Gasteiger partial charge in [0.25, 0.3) is 0 Å². The minimum atomic E-state index is -1.05. The first-order valence-corrected chi connectivity index (χ1v) is 13.1. The van der Waals surface area contributed by atoms with Crippen LogP contribution in [0.3, 0.4) is 0 Å². The van der Waals surface area contributed by atoms with Gasteiger partial charge < -0.3 is 18.8 Å². The van der Waals surface area contributed by atoms with Gasteiger partial charge in [0.2, 0.25) is 5.88 Å². The molecule has 142 valence electrons. The highest BCUT2D eigenvalue weighted by Gasteiger charge is 2.23. The Balaban J connectivity index is 1.71. The monoisotopic (exact) mass is 374 g/mol. The molecule has 0 unspecified atom stereocenters. The second kappa shape index (κ2) is 8.27. The fourth-order valence-electron chi connectivity index (χ4n) is 2.83. The number of hydrogen-bond donors (Lipinski definition) is 0. The molecule has 5 nitrogen and oxygen atoms in total. The van der Waals surface area contributed by atoms with Crippen LogP contribution in [-0.4, -0.2) is 37.4 Å². The maximum absolute atomic E-state index is 6.17. The van der Waals surface area contributed by atoms with E-state index >= 15 is 0 Å². The number of methoxy groups -OCH3 is 1. The SMILES string of the molecule is COc1nccc(OC2CCC2)c1-c1ccn(COCC[Si](C)(C)C)c1. The molecule has 2 aromatic rings. The zero-order chi connectivity index (χ0) is 18.6. The van der Waals surface area contributed by atoms with Gasteiger partial charge in [0, 0.05) is 38.8 Å². The Morgan fingerprint density at radius 1 is 1.23 bits per heavy atom. The molecule has 0 spiro atoms. The van der Waals surface area contributed by atoms with Crippen LogP contribution in [0.15, 0.2) is 30.7 Å². The first-order valence-electron chi connectivity index (χ1n) is 9.40. The number of ether oxygens (including phenoxy) is 3. The normalized spacial score (nSPS) is 14.9. The molecule has 1 saturated carbocycles. The van der Waals surface area contributed by atoms with Crippen LogP contribution in [0.5, 0.6) is 11.6 Å². The zero-order valence-corrected chi connectivity index (χ0v) is 17.3. The molecule has 1 aliphatic carbocycles. The van der Waals surface area contributed by atoms with Gasteiger partial charge in [-0.25, -0.2) is 4.98 Å². The third-order valence-corrected chi connectivity index (χ3v) is 6.40. The fraction of sp³-hybridized carbons (Fsp3) is 0.550. The van der Waals surface area contributed by atoms with Crippen LogP contribution >= 0.6 is 0 Å². The Kier molecular flexibility index (Phi) is 6.04. The van der Waals surface area contributed by atoms with E-state index in [0.29, 0.717) is 18.7 Å².